The summed E-state index contributed by atoms with van der Waals surface area (Å²) >= 11 is 0. The van der Waals surface area contributed by atoms with Crippen LogP contribution in [-0.4, -0.2) is 46.5 Å². The van der Waals surface area contributed by atoms with Gasteiger partial charge < -0.3 is 0 Å². The maximum atomic E-state index is 13.7. The minimum Gasteiger partial charge on any atom is -0.278 e. The summed E-state index contributed by atoms with van der Waals surface area (Å²) in [7, 11) is 0. The van der Waals surface area contributed by atoms with Gasteiger partial charge in [0.2, 0.25) is 5.91 Å². The van der Waals surface area contributed by atoms with Crippen LogP contribution in [0.5, 0.6) is 0 Å². The van der Waals surface area contributed by atoms with Gasteiger partial charge in [0.25, 0.3) is 17.7 Å². The van der Waals surface area contributed by atoms with Crippen LogP contribution < -0.4 is 0 Å². The summed E-state index contributed by atoms with van der Waals surface area (Å²) in [6, 6.07) is 7.75. The highest BCUT2D eigenvalue weighted by Gasteiger charge is 2.42. The summed E-state index contributed by atoms with van der Waals surface area (Å²) in [5, 5.41) is 3.84. The lowest BCUT2D eigenvalue weighted by Crippen LogP contribution is -2.45. The summed E-state index contributed by atoms with van der Waals surface area (Å²) in [5.74, 6) is -1.24. The number of allylic oxidation sites excluding steroid dienone is 1. The average Bonchev–Trinajstić information content (AvgIpc) is 3.04. The number of fused-ring (bicyclic) bond motifs is 2. The van der Waals surface area contributed by atoms with Crippen molar-refractivity contribution in [3.63, 3.8) is 0 Å². The van der Waals surface area contributed by atoms with Crippen LogP contribution >= 0.6 is 0 Å². The van der Waals surface area contributed by atoms with Crippen molar-refractivity contribution >= 4 is 56.8 Å². The molecule has 2 aliphatic carbocycles. The van der Waals surface area contributed by atoms with Crippen molar-refractivity contribution < 1.29 is 19.2 Å². The molecule has 3 aromatic rings. The lowest BCUT2D eigenvalue weighted by atomic mass is 9.73. The van der Waals surface area contributed by atoms with Gasteiger partial charge in [-0.05, 0) is 69.6 Å². The normalized spacial score (nSPS) is 18.2. The Labute approximate surface area is 258 Å². The minimum absolute atomic E-state index is 0.139. The van der Waals surface area contributed by atoms with Gasteiger partial charge in [-0.2, -0.15) is 0 Å². The van der Waals surface area contributed by atoms with Crippen LogP contribution in [0.3, 0.4) is 0 Å². The van der Waals surface area contributed by atoms with Gasteiger partial charge >= 0.3 is 0 Å². The van der Waals surface area contributed by atoms with Crippen LogP contribution in [0.1, 0.15) is 127 Å². The van der Waals surface area contributed by atoms with E-state index in [1.165, 1.54) is 22.6 Å². The van der Waals surface area contributed by atoms with E-state index in [0.29, 0.717) is 36.2 Å². The fourth-order valence-corrected chi connectivity index (χ4v) is 7.88. The first-order valence-corrected chi connectivity index (χ1v) is 16.7. The molecule has 0 spiro atoms. The minimum atomic E-state index is -0.486. The number of amides is 4. The highest BCUT2D eigenvalue weighted by Crippen LogP contribution is 2.49. The predicted molar refractivity (Wildman–Crippen MR) is 175 cm³/mol. The van der Waals surface area contributed by atoms with Crippen molar-refractivity contribution in [2.75, 3.05) is 13.1 Å². The first-order chi connectivity index (χ1) is 21.5. The molecule has 4 amide bonds. The van der Waals surface area contributed by atoms with E-state index in [4.69, 9.17) is 0 Å². The van der Waals surface area contributed by atoms with Crippen molar-refractivity contribution in [1.29, 1.82) is 0 Å². The number of hydrogen-bond acceptors (Lipinski definition) is 4. The molecular weight excluding hydrogens is 548 g/mol. The molecule has 0 radical (unpaired) electrons. The van der Waals surface area contributed by atoms with Crippen molar-refractivity contribution in [2.24, 2.45) is 0 Å². The van der Waals surface area contributed by atoms with E-state index in [-0.39, 0.29) is 23.6 Å². The molecular formula is C38H40N2O4. The maximum Gasteiger partial charge on any atom is 0.261 e. The highest BCUT2D eigenvalue weighted by atomic mass is 16.2. The number of hydrogen-bond donors (Lipinski definition) is 0. The van der Waals surface area contributed by atoms with Crippen molar-refractivity contribution in [3.8, 4) is 0 Å². The number of imide groups is 2. The number of benzene rings is 3. The van der Waals surface area contributed by atoms with Crippen LogP contribution in [-0.2, 0) is 16.0 Å². The molecule has 3 aromatic carbocycles. The third-order valence-corrected chi connectivity index (χ3v) is 10.1. The van der Waals surface area contributed by atoms with Crippen LogP contribution in [0, 0.1) is 0 Å². The van der Waals surface area contributed by atoms with Crippen LogP contribution in [0.4, 0.5) is 0 Å². The van der Waals surface area contributed by atoms with Gasteiger partial charge in [0.05, 0.1) is 5.92 Å². The lowest BCUT2D eigenvalue weighted by molar-refractivity contribution is -0.129. The number of nitrogens with zero attached hydrogens (tertiary/aromatic N) is 2. The summed E-state index contributed by atoms with van der Waals surface area (Å²) in [6.07, 6.45) is 17.1. The quantitative estimate of drug-likeness (QED) is 0.122. The maximum absolute atomic E-state index is 13.7. The smallest absolute Gasteiger partial charge is 0.261 e. The summed E-state index contributed by atoms with van der Waals surface area (Å²) in [5.41, 5.74) is 5.42. The molecule has 0 aromatic heterocycles. The second-order valence-electron chi connectivity index (χ2n) is 12.8. The number of unbranched alkanes of at least 4 members (excludes halogenated alkanes) is 8. The van der Waals surface area contributed by atoms with Crippen molar-refractivity contribution in [2.45, 2.75) is 90.4 Å². The Hall–Kier alpha value is -4.06. The molecule has 7 rings (SSSR count). The zero-order valence-electron chi connectivity index (χ0n) is 25.8. The number of carbonyl (C=O) groups is 4. The Balaban J connectivity index is 1.30. The van der Waals surface area contributed by atoms with E-state index in [0.717, 1.165) is 95.2 Å². The first kappa shape index (κ1) is 28.7. The Morgan fingerprint density at radius 3 is 2.00 bits per heavy atom. The Morgan fingerprint density at radius 2 is 1.30 bits per heavy atom. The van der Waals surface area contributed by atoms with Gasteiger partial charge in [0.15, 0.2) is 0 Å². The average molecular weight is 589 g/mol. The summed E-state index contributed by atoms with van der Waals surface area (Å²) in [4.78, 5) is 57.8. The first-order valence-electron chi connectivity index (χ1n) is 16.7. The van der Waals surface area contributed by atoms with Gasteiger partial charge in [-0.25, -0.2) is 0 Å². The topological polar surface area (TPSA) is 74.8 Å². The van der Waals surface area contributed by atoms with Gasteiger partial charge in [-0.1, -0.05) is 95.6 Å². The van der Waals surface area contributed by atoms with Crippen LogP contribution in [0.15, 0.2) is 36.4 Å². The molecule has 2 heterocycles. The van der Waals surface area contributed by atoms with E-state index >= 15 is 0 Å². The zero-order valence-corrected chi connectivity index (χ0v) is 25.8. The molecule has 0 saturated heterocycles. The summed E-state index contributed by atoms with van der Waals surface area (Å²) in [6.45, 7) is 5.25. The van der Waals surface area contributed by atoms with E-state index in [1.54, 1.807) is 0 Å². The van der Waals surface area contributed by atoms with Gasteiger partial charge in [-0.3, -0.25) is 29.0 Å². The van der Waals surface area contributed by atoms with Gasteiger partial charge in [-0.15, -0.1) is 0 Å². The lowest BCUT2D eigenvalue weighted by Gasteiger charge is -2.36. The molecule has 6 nitrogen and oxygen atoms in total. The fraction of sp³-hybridized carbons (Fsp3) is 0.421. The molecule has 2 aliphatic heterocycles. The molecule has 1 unspecified atom stereocenters. The third kappa shape index (κ3) is 4.28. The SMILES string of the molecule is CCCCCCCN1C(=O)C2=CCc3c4c5c6c(ccc5c5ccc(c2c35)C1=O)C(=O)N(CCCCCCC)C(=O)C6C=C4. The van der Waals surface area contributed by atoms with E-state index in [1.807, 2.05) is 42.5 Å². The monoisotopic (exact) mass is 588 g/mol. The number of rotatable bonds is 12. The molecule has 0 fully saturated rings. The van der Waals surface area contributed by atoms with E-state index < -0.39 is 5.92 Å². The Bertz CT molecular complexity index is 1810. The van der Waals surface area contributed by atoms with Crippen molar-refractivity contribution in [1.82, 2.24) is 9.80 Å². The zero-order chi connectivity index (χ0) is 30.5. The highest BCUT2D eigenvalue weighted by molar-refractivity contribution is 6.36. The molecule has 0 saturated carbocycles. The summed E-state index contributed by atoms with van der Waals surface area (Å²) < 4.78 is 0. The van der Waals surface area contributed by atoms with Gasteiger partial charge in [0, 0.05) is 35.4 Å². The van der Waals surface area contributed by atoms with Crippen LogP contribution in [0.25, 0.3) is 33.2 Å². The molecule has 6 heteroatoms. The van der Waals surface area contributed by atoms with E-state index in [2.05, 4.69) is 13.8 Å². The number of carbonyl (C=O) groups excluding carboxylic acids is 4. The van der Waals surface area contributed by atoms with Gasteiger partial charge in [0.1, 0.15) is 0 Å². The second kappa shape index (κ2) is 11.5. The molecule has 1 atom stereocenters. The molecule has 226 valence electrons. The molecule has 0 bridgehead atoms. The standard InChI is InChI=1S/C38H40N2O4/c1-3-5-7-9-11-21-39-35(41)27-17-13-23-25-15-19-29-34-30(38(44)40(37(29)43)22-12-10-8-6-4-2)20-16-26(32(25)34)24-14-18-28(36(39)42)33(27)31(23)24/h13-15,17-20,28H,3-12,16,21-22H2,1-2H3. The largest absolute Gasteiger partial charge is 0.278 e. The predicted octanol–water partition coefficient (Wildman–Crippen LogP) is 7.95. The fourth-order valence-electron chi connectivity index (χ4n) is 7.88. The molecule has 0 N–H and O–H groups in total. The Morgan fingerprint density at radius 1 is 0.682 bits per heavy atom. The Kier molecular flexibility index (Phi) is 7.47. The van der Waals surface area contributed by atoms with E-state index in [9.17, 15) is 19.2 Å². The second-order valence-corrected chi connectivity index (χ2v) is 12.8. The van der Waals surface area contributed by atoms with Crippen LogP contribution in [0.2, 0.25) is 0 Å². The molecule has 4 aliphatic rings. The molecule has 44 heavy (non-hydrogen) atoms. The third-order valence-electron chi connectivity index (χ3n) is 10.1. The van der Waals surface area contributed by atoms with Crippen molar-refractivity contribution in [3.05, 3.63) is 69.8 Å².